The van der Waals surface area contributed by atoms with E-state index in [1.807, 2.05) is 6.20 Å². The molecule has 4 rings (SSSR count). The van der Waals surface area contributed by atoms with Crippen molar-refractivity contribution in [2.75, 3.05) is 31.5 Å². The van der Waals surface area contributed by atoms with E-state index in [9.17, 15) is 0 Å². The van der Waals surface area contributed by atoms with E-state index >= 15 is 0 Å². The summed E-state index contributed by atoms with van der Waals surface area (Å²) in [6.07, 6.45) is 8.70. The summed E-state index contributed by atoms with van der Waals surface area (Å²) in [5.74, 6) is 0.989. The quantitative estimate of drug-likeness (QED) is 0.882. The van der Waals surface area contributed by atoms with Gasteiger partial charge in [-0.05, 0) is 52.0 Å². The van der Waals surface area contributed by atoms with Crippen LogP contribution in [0.1, 0.15) is 45.1 Å². The molecule has 6 nitrogen and oxygen atoms in total. The Kier molecular flexibility index (Phi) is 5.14. The molecule has 1 saturated carbocycles. The van der Waals surface area contributed by atoms with E-state index in [2.05, 4.69) is 50.8 Å². The molecule has 0 unspecified atom stereocenters. The highest BCUT2D eigenvalue weighted by Crippen LogP contribution is 2.29. The van der Waals surface area contributed by atoms with Crippen LogP contribution in [-0.2, 0) is 0 Å². The fourth-order valence-corrected chi connectivity index (χ4v) is 4.62. The van der Waals surface area contributed by atoms with Crippen molar-refractivity contribution in [3.8, 4) is 0 Å². The molecule has 0 atom stereocenters. The fraction of sp³-hybridized carbons (Fsp3) is 0.700. The van der Waals surface area contributed by atoms with Crippen LogP contribution >= 0.6 is 0 Å². The van der Waals surface area contributed by atoms with E-state index in [-0.39, 0.29) is 0 Å². The molecule has 2 fully saturated rings. The smallest absolute Gasteiger partial charge is 0.143 e. The van der Waals surface area contributed by atoms with Gasteiger partial charge < -0.3 is 10.3 Å². The van der Waals surface area contributed by atoms with Gasteiger partial charge in [-0.3, -0.25) is 9.80 Å². The van der Waals surface area contributed by atoms with Crippen LogP contribution in [0.3, 0.4) is 0 Å². The van der Waals surface area contributed by atoms with Crippen LogP contribution in [0.15, 0.2) is 12.5 Å². The number of aromatic amines is 1. The Morgan fingerprint density at radius 1 is 1.08 bits per heavy atom. The van der Waals surface area contributed by atoms with Gasteiger partial charge in [-0.2, -0.15) is 0 Å². The van der Waals surface area contributed by atoms with Gasteiger partial charge in [-0.1, -0.05) is 0 Å². The molecule has 2 aliphatic rings. The lowest BCUT2D eigenvalue weighted by Gasteiger charge is -2.43. The number of rotatable bonds is 4. The van der Waals surface area contributed by atoms with E-state index in [4.69, 9.17) is 0 Å². The number of fused-ring (bicyclic) bond motifs is 1. The number of nitrogens with zero attached hydrogens (tertiary/aromatic N) is 4. The number of nitrogens with one attached hydrogen (secondary N) is 2. The Morgan fingerprint density at radius 2 is 1.81 bits per heavy atom. The SMILES string of the molecule is Cc1c[nH]c2ncnc(NC3CCC(N4CCN(C(C)C)CC4)CC3)c12. The maximum Gasteiger partial charge on any atom is 0.143 e. The highest BCUT2D eigenvalue weighted by Gasteiger charge is 2.29. The molecule has 1 aliphatic carbocycles. The maximum absolute atomic E-state index is 4.51. The van der Waals surface area contributed by atoms with Crippen molar-refractivity contribution in [2.24, 2.45) is 0 Å². The molecule has 26 heavy (non-hydrogen) atoms. The molecule has 1 saturated heterocycles. The first-order chi connectivity index (χ1) is 12.6. The average Bonchev–Trinajstić information content (AvgIpc) is 3.05. The molecular weight excluding hydrogens is 324 g/mol. The molecule has 3 heterocycles. The Hall–Kier alpha value is -1.66. The van der Waals surface area contributed by atoms with Crippen molar-refractivity contribution in [2.45, 2.75) is 64.6 Å². The van der Waals surface area contributed by atoms with Gasteiger partial charge in [-0.25, -0.2) is 9.97 Å². The van der Waals surface area contributed by atoms with Gasteiger partial charge in [0, 0.05) is 50.5 Å². The van der Waals surface area contributed by atoms with Gasteiger partial charge >= 0.3 is 0 Å². The zero-order valence-corrected chi connectivity index (χ0v) is 16.3. The lowest BCUT2D eigenvalue weighted by atomic mass is 9.89. The topological polar surface area (TPSA) is 60.1 Å². The minimum atomic E-state index is 0.524. The summed E-state index contributed by atoms with van der Waals surface area (Å²) >= 11 is 0. The second-order valence-electron chi connectivity index (χ2n) is 8.23. The number of hydrogen-bond acceptors (Lipinski definition) is 5. The van der Waals surface area contributed by atoms with Crippen molar-refractivity contribution in [3.05, 3.63) is 18.1 Å². The van der Waals surface area contributed by atoms with E-state index in [1.54, 1.807) is 6.33 Å². The molecule has 142 valence electrons. The molecule has 1 aliphatic heterocycles. The zero-order valence-electron chi connectivity index (χ0n) is 16.3. The number of piperazine rings is 1. The standard InChI is InChI=1S/C20H32N6/c1-14(2)25-8-10-26(11-9-25)17-6-4-16(5-7-17)24-20-18-15(3)12-21-19(18)22-13-23-20/h12-14,16-17H,4-11H2,1-3H3,(H2,21,22,23,24). The zero-order chi connectivity index (χ0) is 18.1. The van der Waals surface area contributed by atoms with Gasteiger partial charge in [0.15, 0.2) is 0 Å². The summed E-state index contributed by atoms with van der Waals surface area (Å²) in [6.45, 7) is 11.6. The van der Waals surface area contributed by atoms with Crippen LogP contribution < -0.4 is 5.32 Å². The van der Waals surface area contributed by atoms with Crippen molar-refractivity contribution in [3.63, 3.8) is 0 Å². The summed E-state index contributed by atoms with van der Waals surface area (Å²) in [6, 6.07) is 1.97. The first kappa shape index (κ1) is 17.7. The van der Waals surface area contributed by atoms with Crippen LogP contribution in [0, 0.1) is 6.92 Å². The highest BCUT2D eigenvalue weighted by atomic mass is 15.3. The Bertz CT molecular complexity index is 723. The predicted molar refractivity (Wildman–Crippen MR) is 107 cm³/mol. The Balaban J connectivity index is 1.32. The Morgan fingerprint density at radius 3 is 2.50 bits per heavy atom. The highest BCUT2D eigenvalue weighted by molar-refractivity contribution is 5.90. The molecule has 0 aromatic carbocycles. The molecule has 6 heteroatoms. The monoisotopic (exact) mass is 356 g/mol. The van der Waals surface area contributed by atoms with Gasteiger partial charge in [0.05, 0.1) is 5.39 Å². The van der Waals surface area contributed by atoms with Crippen LogP contribution in [0.25, 0.3) is 11.0 Å². The summed E-state index contributed by atoms with van der Waals surface area (Å²) in [7, 11) is 0. The second kappa shape index (κ2) is 7.53. The van der Waals surface area contributed by atoms with Crippen LogP contribution in [0.5, 0.6) is 0 Å². The number of hydrogen-bond donors (Lipinski definition) is 2. The second-order valence-corrected chi connectivity index (χ2v) is 8.23. The molecule has 2 aromatic heterocycles. The molecule has 0 amide bonds. The van der Waals surface area contributed by atoms with Crippen LogP contribution in [0.4, 0.5) is 5.82 Å². The molecular formula is C20H32N6. The largest absolute Gasteiger partial charge is 0.367 e. The van der Waals surface area contributed by atoms with Gasteiger partial charge in [0.25, 0.3) is 0 Å². The molecule has 0 radical (unpaired) electrons. The number of aryl methyl sites for hydroxylation is 1. The lowest BCUT2D eigenvalue weighted by molar-refractivity contribution is 0.0631. The van der Waals surface area contributed by atoms with Gasteiger partial charge in [0.1, 0.15) is 17.8 Å². The molecule has 0 spiro atoms. The van der Waals surface area contributed by atoms with Crippen LogP contribution in [0.2, 0.25) is 0 Å². The van der Waals surface area contributed by atoms with Crippen molar-refractivity contribution in [1.29, 1.82) is 0 Å². The minimum Gasteiger partial charge on any atom is -0.367 e. The van der Waals surface area contributed by atoms with E-state index in [1.165, 1.54) is 57.4 Å². The minimum absolute atomic E-state index is 0.524. The fourth-order valence-electron chi connectivity index (χ4n) is 4.62. The van der Waals surface area contributed by atoms with E-state index in [0.717, 1.165) is 22.9 Å². The third-order valence-electron chi connectivity index (χ3n) is 6.30. The summed E-state index contributed by atoms with van der Waals surface area (Å²) in [5.41, 5.74) is 2.14. The van der Waals surface area contributed by atoms with Crippen LogP contribution in [-0.4, -0.2) is 69.1 Å². The van der Waals surface area contributed by atoms with Crippen molar-refractivity contribution < 1.29 is 0 Å². The molecule has 2 aromatic rings. The van der Waals surface area contributed by atoms with Crippen molar-refractivity contribution >= 4 is 16.9 Å². The third-order valence-corrected chi connectivity index (χ3v) is 6.30. The van der Waals surface area contributed by atoms with Crippen molar-refractivity contribution in [1.82, 2.24) is 24.8 Å². The summed E-state index contributed by atoms with van der Waals surface area (Å²) in [4.78, 5) is 17.4. The summed E-state index contributed by atoms with van der Waals surface area (Å²) < 4.78 is 0. The maximum atomic E-state index is 4.51. The molecule has 2 N–H and O–H groups in total. The third kappa shape index (κ3) is 3.58. The van der Waals surface area contributed by atoms with E-state index < -0.39 is 0 Å². The van der Waals surface area contributed by atoms with E-state index in [0.29, 0.717) is 12.1 Å². The molecule has 0 bridgehead atoms. The lowest BCUT2D eigenvalue weighted by Crippen LogP contribution is -2.53. The Labute approximate surface area is 156 Å². The number of H-pyrrole nitrogens is 1. The number of aromatic nitrogens is 3. The number of anilines is 1. The predicted octanol–water partition coefficient (Wildman–Crippen LogP) is 3.02. The first-order valence-corrected chi connectivity index (χ1v) is 10.1. The first-order valence-electron chi connectivity index (χ1n) is 10.1. The van der Waals surface area contributed by atoms with Gasteiger partial charge in [0.2, 0.25) is 0 Å². The average molecular weight is 357 g/mol. The van der Waals surface area contributed by atoms with Gasteiger partial charge in [-0.15, -0.1) is 0 Å². The summed E-state index contributed by atoms with van der Waals surface area (Å²) in [5, 5.41) is 4.84. The normalized spacial score (nSPS) is 25.8.